The van der Waals surface area contributed by atoms with Gasteiger partial charge in [0.05, 0.1) is 0 Å². The van der Waals surface area contributed by atoms with Crippen molar-refractivity contribution in [2.75, 3.05) is 19.0 Å². The summed E-state index contributed by atoms with van der Waals surface area (Å²) in [5, 5.41) is 0. The van der Waals surface area contributed by atoms with E-state index in [1.54, 1.807) is 12.3 Å². The summed E-state index contributed by atoms with van der Waals surface area (Å²) in [6, 6.07) is 0. The summed E-state index contributed by atoms with van der Waals surface area (Å²) in [6.07, 6.45) is 23.6. The second-order valence-corrected chi connectivity index (χ2v) is 9.15. The van der Waals surface area contributed by atoms with Crippen LogP contribution in [0.4, 0.5) is 0 Å². The van der Waals surface area contributed by atoms with Crippen LogP contribution in [0.5, 0.6) is 0 Å². The van der Waals surface area contributed by atoms with Gasteiger partial charge in [-0.1, -0.05) is 90.9 Å². The first-order chi connectivity index (χ1) is 9.81. The molecular formula is C19H41P. The van der Waals surface area contributed by atoms with Gasteiger partial charge in [0.1, 0.15) is 0 Å². The standard InChI is InChI=1S/C19H41P/c1-4-6-8-10-12-14-16-18-20(3)19-17-15-13-11-9-7-5-2/h4-19H2,1-3H3. The molecule has 0 nitrogen and oxygen atoms in total. The maximum absolute atomic E-state index is 2.53. The molecule has 0 aromatic heterocycles. The molecule has 0 saturated carbocycles. The molecule has 0 radical (unpaired) electrons. The van der Waals surface area contributed by atoms with E-state index in [4.69, 9.17) is 0 Å². The summed E-state index contributed by atoms with van der Waals surface area (Å²) in [4.78, 5) is 0. The lowest BCUT2D eigenvalue weighted by Gasteiger charge is -2.12. The zero-order chi connectivity index (χ0) is 14.9. The van der Waals surface area contributed by atoms with E-state index in [2.05, 4.69) is 20.5 Å². The molecule has 0 fully saturated rings. The Balaban J connectivity index is 3.11. The fourth-order valence-electron chi connectivity index (χ4n) is 2.79. The summed E-state index contributed by atoms with van der Waals surface area (Å²) in [5.74, 6) is 0. The smallest absolute Gasteiger partial charge is 0.0328 e. The zero-order valence-electron chi connectivity index (χ0n) is 14.8. The van der Waals surface area contributed by atoms with Crippen molar-refractivity contribution in [2.45, 2.75) is 104 Å². The molecule has 0 aromatic rings. The lowest BCUT2D eigenvalue weighted by atomic mass is 10.1. The van der Waals surface area contributed by atoms with Crippen LogP contribution in [0.2, 0.25) is 0 Å². The van der Waals surface area contributed by atoms with Crippen molar-refractivity contribution in [3.8, 4) is 0 Å². The van der Waals surface area contributed by atoms with Crippen molar-refractivity contribution < 1.29 is 0 Å². The van der Waals surface area contributed by atoms with Crippen LogP contribution in [0.3, 0.4) is 0 Å². The minimum Gasteiger partial charge on any atom is -0.110 e. The average Bonchev–Trinajstić information content (AvgIpc) is 2.45. The van der Waals surface area contributed by atoms with Crippen LogP contribution in [0, 0.1) is 0 Å². The van der Waals surface area contributed by atoms with Crippen LogP contribution in [0.1, 0.15) is 104 Å². The fourth-order valence-corrected chi connectivity index (χ4v) is 4.54. The highest BCUT2D eigenvalue weighted by molar-refractivity contribution is 7.56. The molecule has 0 atom stereocenters. The summed E-state index contributed by atoms with van der Waals surface area (Å²) >= 11 is 0. The van der Waals surface area contributed by atoms with Crippen LogP contribution in [-0.4, -0.2) is 19.0 Å². The quantitative estimate of drug-likeness (QED) is 0.203. The highest BCUT2D eigenvalue weighted by Gasteiger charge is 2.01. The van der Waals surface area contributed by atoms with Gasteiger partial charge >= 0.3 is 0 Å². The van der Waals surface area contributed by atoms with Gasteiger partial charge in [-0.25, -0.2) is 0 Å². The van der Waals surface area contributed by atoms with Gasteiger partial charge in [0.15, 0.2) is 0 Å². The van der Waals surface area contributed by atoms with Crippen molar-refractivity contribution >= 4 is 7.92 Å². The van der Waals surface area contributed by atoms with E-state index < -0.39 is 0 Å². The summed E-state index contributed by atoms with van der Waals surface area (Å²) in [6.45, 7) is 7.13. The largest absolute Gasteiger partial charge is 0.110 e. The predicted molar refractivity (Wildman–Crippen MR) is 98.6 cm³/mol. The second kappa shape index (κ2) is 17.5. The van der Waals surface area contributed by atoms with E-state index in [0.717, 1.165) is 0 Å². The van der Waals surface area contributed by atoms with E-state index in [9.17, 15) is 0 Å². The molecule has 0 aliphatic rings. The third-order valence-electron chi connectivity index (χ3n) is 4.29. The minimum absolute atomic E-state index is 0.364. The van der Waals surface area contributed by atoms with Crippen LogP contribution in [0.25, 0.3) is 0 Å². The Kier molecular flexibility index (Phi) is 17.9. The molecule has 0 N–H and O–H groups in total. The molecular weight excluding hydrogens is 259 g/mol. The van der Waals surface area contributed by atoms with Gasteiger partial charge in [-0.3, -0.25) is 0 Å². The monoisotopic (exact) mass is 300 g/mol. The third-order valence-corrected chi connectivity index (χ3v) is 6.45. The lowest BCUT2D eigenvalue weighted by Crippen LogP contribution is -1.91. The van der Waals surface area contributed by atoms with Crippen LogP contribution < -0.4 is 0 Å². The Hall–Kier alpha value is 0.430. The van der Waals surface area contributed by atoms with E-state index >= 15 is 0 Å². The normalized spacial score (nSPS) is 11.4. The van der Waals surface area contributed by atoms with Gasteiger partial charge in [0.2, 0.25) is 0 Å². The van der Waals surface area contributed by atoms with Gasteiger partial charge in [-0.2, -0.15) is 0 Å². The number of hydrogen-bond acceptors (Lipinski definition) is 0. The van der Waals surface area contributed by atoms with Gasteiger partial charge in [0.25, 0.3) is 0 Å². The molecule has 0 aliphatic carbocycles. The number of hydrogen-bond donors (Lipinski definition) is 0. The second-order valence-electron chi connectivity index (χ2n) is 6.55. The molecule has 20 heavy (non-hydrogen) atoms. The van der Waals surface area contributed by atoms with Crippen LogP contribution in [-0.2, 0) is 0 Å². The molecule has 0 amide bonds. The summed E-state index contributed by atoms with van der Waals surface area (Å²) in [7, 11) is 0.364. The minimum atomic E-state index is 0.364. The van der Waals surface area contributed by atoms with Gasteiger partial charge in [-0.05, 0) is 31.8 Å². The van der Waals surface area contributed by atoms with Gasteiger partial charge in [-0.15, -0.1) is 7.92 Å². The fraction of sp³-hybridized carbons (Fsp3) is 1.00. The van der Waals surface area contributed by atoms with E-state index in [1.165, 1.54) is 89.9 Å². The Labute approximate surface area is 131 Å². The van der Waals surface area contributed by atoms with Crippen LogP contribution >= 0.6 is 7.92 Å². The first-order valence-electron chi connectivity index (χ1n) is 9.49. The molecule has 0 aliphatic heterocycles. The maximum atomic E-state index is 2.53. The molecule has 0 aromatic carbocycles. The number of rotatable bonds is 16. The van der Waals surface area contributed by atoms with Crippen molar-refractivity contribution in [1.82, 2.24) is 0 Å². The maximum Gasteiger partial charge on any atom is -0.0328 e. The van der Waals surface area contributed by atoms with Crippen LogP contribution in [0.15, 0.2) is 0 Å². The molecule has 0 saturated heterocycles. The summed E-state index contributed by atoms with van der Waals surface area (Å²) < 4.78 is 0. The third kappa shape index (κ3) is 16.5. The molecule has 0 rings (SSSR count). The van der Waals surface area contributed by atoms with Gasteiger partial charge in [0, 0.05) is 0 Å². The zero-order valence-corrected chi connectivity index (χ0v) is 15.7. The van der Waals surface area contributed by atoms with Crippen molar-refractivity contribution in [2.24, 2.45) is 0 Å². The molecule has 122 valence electrons. The SMILES string of the molecule is CCCCCCCCCP(C)CCCCCCCCC. The van der Waals surface area contributed by atoms with Crippen molar-refractivity contribution in [1.29, 1.82) is 0 Å². The van der Waals surface area contributed by atoms with Gasteiger partial charge < -0.3 is 0 Å². The topological polar surface area (TPSA) is 0 Å². The summed E-state index contributed by atoms with van der Waals surface area (Å²) in [5.41, 5.74) is 0. The molecule has 0 spiro atoms. The van der Waals surface area contributed by atoms with Crippen molar-refractivity contribution in [3.63, 3.8) is 0 Å². The first-order valence-corrected chi connectivity index (χ1v) is 11.7. The molecule has 1 heteroatoms. The highest BCUT2D eigenvalue weighted by atomic mass is 31.1. The Morgan fingerprint density at radius 2 is 0.750 bits per heavy atom. The molecule has 0 unspecified atom stereocenters. The Bertz CT molecular complexity index is 149. The Morgan fingerprint density at radius 3 is 1.10 bits per heavy atom. The first kappa shape index (κ1) is 20.4. The molecule has 0 bridgehead atoms. The van der Waals surface area contributed by atoms with E-state index in [0.29, 0.717) is 7.92 Å². The molecule has 0 heterocycles. The van der Waals surface area contributed by atoms with E-state index in [1.807, 2.05) is 0 Å². The lowest BCUT2D eigenvalue weighted by molar-refractivity contribution is 0.600. The predicted octanol–water partition coefficient (Wildman–Crippen LogP) is 7.60. The number of unbranched alkanes of at least 4 members (excludes halogenated alkanes) is 12. The van der Waals surface area contributed by atoms with E-state index in [-0.39, 0.29) is 0 Å². The average molecular weight is 301 g/mol. The highest BCUT2D eigenvalue weighted by Crippen LogP contribution is 2.33. The Morgan fingerprint density at radius 1 is 0.450 bits per heavy atom. The van der Waals surface area contributed by atoms with Crippen molar-refractivity contribution in [3.05, 3.63) is 0 Å².